The van der Waals surface area contributed by atoms with Gasteiger partial charge >= 0.3 is 0 Å². The van der Waals surface area contributed by atoms with Gasteiger partial charge in [0.2, 0.25) is 0 Å². The molecule has 0 aliphatic carbocycles. The van der Waals surface area contributed by atoms with Crippen LogP contribution < -0.4 is 10.6 Å². The van der Waals surface area contributed by atoms with Gasteiger partial charge in [0.15, 0.2) is 0 Å². The first-order valence-electron chi connectivity index (χ1n) is 10.7. The Kier molecular flexibility index (Phi) is 5.12. The number of carbonyl (C=O) groups is 1. The lowest BCUT2D eigenvalue weighted by Gasteiger charge is -2.47. The fourth-order valence-electron chi connectivity index (χ4n) is 4.41. The minimum absolute atomic E-state index is 0.00948. The second-order valence-electron chi connectivity index (χ2n) is 8.10. The molecule has 2 aromatic carbocycles. The average Bonchev–Trinajstić information content (AvgIpc) is 2.83. The second-order valence-corrected chi connectivity index (χ2v) is 8.10. The summed E-state index contributed by atoms with van der Waals surface area (Å²) in [5.74, 6) is 0.897. The number of likely N-dealkylation sites (tertiary alicyclic amines) is 1. The quantitative estimate of drug-likeness (QED) is 0.678. The van der Waals surface area contributed by atoms with Crippen LogP contribution >= 0.6 is 0 Å². The maximum atomic E-state index is 13.2. The Hall–Kier alpha value is -3.67. The van der Waals surface area contributed by atoms with E-state index in [-0.39, 0.29) is 5.91 Å². The SMILES string of the molecule is O=C(c1cccnc1)N1CCC[C@]2(C1)Nc1ccccc1NC2=NCc1ccccc1. The number of amides is 1. The van der Waals surface area contributed by atoms with E-state index >= 15 is 0 Å². The lowest BCUT2D eigenvalue weighted by molar-refractivity contribution is 0.0694. The Bertz CT molecular complexity index is 1100. The van der Waals surface area contributed by atoms with Gasteiger partial charge in [-0.1, -0.05) is 42.5 Å². The van der Waals surface area contributed by atoms with Gasteiger partial charge in [0.25, 0.3) is 5.91 Å². The monoisotopic (exact) mass is 411 g/mol. The van der Waals surface area contributed by atoms with Crippen LogP contribution in [0.1, 0.15) is 28.8 Å². The van der Waals surface area contributed by atoms with Gasteiger partial charge < -0.3 is 15.5 Å². The molecule has 0 radical (unpaired) electrons. The molecular weight excluding hydrogens is 386 g/mol. The highest BCUT2D eigenvalue weighted by Gasteiger charge is 2.44. The van der Waals surface area contributed by atoms with Gasteiger partial charge in [-0.05, 0) is 42.7 Å². The number of hydrogen-bond acceptors (Lipinski definition) is 4. The zero-order valence-electron chi connectivity index (χ0n) is 17.3. The maximum absolute atomic E-state index is 13.2. The Labute approximate surface area is 182 Å². The number of hydrogen-bond donors (Lipinski definition) is 2. The molecule has 156 valence electrons. The molecule has 31 heavy (non-hydrogen) atoms. The average molecular weight is 412 g/mol. The molecule has 6 heteroatoms. The molecule has 2 aliphatic rings. The summed E-state index contributed by atoms with van der Waals surface area (Å²) in [6.45, 7) is 1.87. The van der Waals surface area contributed by atoms with Crippen molar-refractivity contribution in [3.63, 3.8) is 0 Å². The summed E-state index contributed by atoms with van der Waals surface area (Å²) in [5.41, 5.74) is 3.38. The van der Waals surface area contributed by atoms with Crippen LogP contribution in [0.25, 0.3) is 0 Å². The number of nitrogens with one attached hydrogen (secondary N) is 2. The van der Waals surface area contributed by atoms with Gasteiger partial charge in [0.1, 0.15) is 11.4 Å². The Morgan fingerprint density at radius 2 is 1.84 bits per heavy atom. The van der Waals surface area contributed by atoms with Crippen LogP contribution in [-0.2, 0) is 6.54 Å². The third kappa shape index (κ3) is 3.89. The van der Waals surface area contributed by atoms with Crippen LogP contribution in [-0.4, -0.2) is 40.3 Å². The largest absolute Gasteiger partial charge is 0.370 e. The molecule has 1 fully saturated rings. The Balaban J connectivity index is 1.48. The number of para-hydroxylation sites is 2. The molecule has 5 rings (SSSR count). The molecule has 1 saturated heterocycles. The van der Waals surface area contributed by atoms with Gasteiger partial charge in [0.05, 0.1) is 30.0 Å². The predicted octanol–water partition coefficient (Wildman–Crippen LogP) is 4.19. The van der Waals surface area contributed by atoms with Crippen molar-refractivity contribution in [2.45, 2.75) is 24.9 Å². The van der Waals surface area contributed by atoms with Gasteiger partial charge in [-0.3, -0.25) is 14.8 Å². The second kappa shape index (κ2) is 8.22. The molecule has 3 aromatic rings. The number of piperidine rings is 1. The number of carbonyl (C=O) groups excluding carboxylic acids is 1. The van der Waals surface area contributed by atoms with Gasteiger partial charge in [-0.2, -0.15) is 0 Å². The number of aliphatic imine (C=N–C) groups is 1. The van der Waals surface area contributed by atoms with Crippen molar-refractivity contribution >= 4 is 23.1 Å². The lowest BCUT2D eigenvalue weighted by atomic mass is 9.85. The van der Waals surface area contributed by atoms with Crippen molar-refractivity contribution in [2.24, 2.45) is 4.99 Å². The Morgan fingerprint density at radius 1 is 1.03 bits per heavy atom. The van der Waals surface area contributed by atoms with Crippen LogP contribution in [0.4, 0.5) is 11.4 Å². The number of amidine groups is 1. The first-order valence-corrected chi connectivity index (χ1v) is 10.7. The standard InChI is InChI=1S/C25H25N5O/c31-23(20-10-6-14-26-17-20)30-15-7-13-25(18-30)24(27-16-19-8-2-1-3-9-19)28-21-11-4-5-12-22(21)29-25/h1-6,8-12,14,17,29H,7,13,15-16,18H2,(H,27,28)/t25-/m1/s1. The van der Waals surface area contributed by atoms with E-state index in [0.29, 0.717) is 18.7 Å². The van der Waals surface area contributed by atoms with Crippen molar-refractivity contribution in [1.82, 2.24) is 9.88 Å². The van der Waals surface area contributed by atoms with Crippen LogP contribution in [0.3, 0.4) is 0 Å². The molecule has 0 bridgehead atoms. The van der Waals surface area contributed by atoms with Gasteiger partial charge in [-0.15, -0.1) is 0 Å². The van der Waals surface area contributed by atoms with Crippen LogP contribution in [0.2, 0.25) is 0 Å². The van der Waals surface area contributed by atoms with E-state index < -0.39 is 5.54 Å². The number of rotatable bonds is 3. The first kappa shape index (κ1) is 19.3. The number of fused-ring (bicyclic) bond motifs is 1. The van der Waals surface area contributed by atoms with E-state index in [4.69, 9.17) is 4.99 Å². The van der Waals surface area contributed by atoms with E-state index in [9.17, 15) is 4.79 Å². The summed E-state index contributed by atoms with van der Waals surface area (Å²) in [6.07, 6.45) is 5.12. The van der Waals surface area contributed by atoms with Crippen LogP contribution in [0.5, 0.6) is 0 Å². The maximum Gasteiger partial charge on any atom is 0.255 e. The predicted molar refractivity (Wildman–Crippen MR) is 123 cm³/mol. The summed E-state index contributed by atoms with van der Waals surface area (Å²) in [5, 5.41) is 7.30. The smallest absolute Gasteiger partial charge is 0.255 e. The topological polar surface area (TPSA) is 69.6 Å². The highest BCUT2D eigenvalue weighted by Crippen LogP contribution is 2.36. The van der Waals surface area contributed by atoms with Crippen molar-refractivity contribution in [2.75, 3.05) is 23.7 Å². The molecule has 1 spiro atoms. The minimum Gasteiger partial charge on any atom is -0.370 e. The van der Waals surface area contributed by atoms with Crippen LogP contribution in [0.15, 0.2) is 84.1 Å². The molecule has 0 unspecified atom stereocenters. The van der Waals surface area contributed by atoms with E-state index in [0.717, 1.165) is 42.2 Å². The van der Waals surface area contributed by atoms with E-state index in [1.807, 2.05) is 41.3 Å². The third-order valence-electron chi connectivity index (χ3n) is 5.96. The summed E-state index contributed by atoms with van der Waals surface area (Å²) in [7, 11) is 0. The van der Waals surface area contributed by atoms with Crippen molar-refractivity contribution in [3.05, 3.63) is 90.3 Å². The van der Waals surface area contributed by atoms with Crippen molar-refractivity contribution < 1.29 is 4.79 Å². The highest BCUT2D eigenvalue weighted by molar-refractivity contribution is 6.10. The number of nitrogens with zero attached hydrogens (tertiary/aromatic N) is 3. The normalized spacial score (nSPS) is 21.3. The molecule has 1 atom stereocenters. The summed E-state index contributed by atoms with van der Waals surface area (Å²) >= 11 is 0. The van der Waals surface area contributed by atoms with E-state index in [1.54, 1.807) is 18.5 Å². The van der Waals surface area contributed by atoms with Gasteiger partial charge in [-0.25, -0.2) is 0 Å². The number of benzene rings is 2. The summed E-state index contributed by atoms with van der Waals surface area (Å²) < 4.78 is 0. The third-order valence-corrected chi connectivity index (χ3v) is 5.96. The molecule has 1 aromatic heterocycles. The fourth-order valence-corrected chi connectivity index (χ4v) is 4.41. The molecule has 6 nitrogen and oxygen atoms in total. The summed E-state index contributed by atoms with van der Waals surface area (Å²) in [4.78, 5) is 24.2. The molecule has 2 N–H and O–H groups in total. The summed E-state index contributed by atoms with van der Waals surface area (Å²) in [6, 6.07) is 22.0. The fraction of sp³-hybridized carbons (Fsp3) is 0.240. The zero-order valence-corrected chi connectivity index (χ0v) is 17.3. The van der Waals surface area contributed by atoms with E-state index in [2.05, 4.69) is 39.9 Å². The number of aromatic nitrogens is 1. The zero-order chi connectivity index (χ0) is 21.1. The minimum atomic E-state index is -0.445. The molecule has 0 saturated carbocycles. The lowest BCUT2D eigenvalue weighted by Crippen LogP contribution is -2.62. The Morgan fingerprint density at radius 3 is 2.65 bits per heavy atom. The molecular formula is C25H25N5O. The highest BCUT2D eigenvalue weighted by atomic mass is 16.2. The molecule has 1 amide bonds. The number of anilines is 2. The first-order chi connectivity index (χ1) is 15.2. The molecule has 3 heterocycles. The number of pyridine rings is 1. The van der Waals surface area contributed by atoms with Gasteiger partial charge in [0, 0.05) is 18.9 Å². The van der Waals surface area contributed by atoms with Crippen molar-refractivity contribution in [1.29, 1.82) is 0 Å². The van der Waals surface area contributed by atoms with Crippen LogP contribution in [0, 0.1) is 0 Å². The molecule has 2 aliphatic heterocycles. The van der Waals surface area contributed by atoms with Crippen molar-refractivity contribution in [3.8, 4) is 0 Å². The van der Waals surface area contributed by atoms with E-state index in [1.165, 1.54) is 0 Å².